The highest BCUT2D eigenvalue weighted by Crippen LogP contribution is 2.38. The highest BCUT2D eigenvalue weighted by atomic mass is 32.2. The highest BCUT2D eigenvalue weighted by Gasteiger charge is 2.34. The topological polar surface area (TPSA) is 86.2 Å². The second-order valence-electron chi connectivity index (χ2n) is 15.4. The molecule has 0 radical (unpaired) electrons. The number of aromatic nitrogens is 1. The molecule has 3 aliphatic heterocycles. The summed E-state index contributed by atoms with van der Waals surface area (Å²) >= 11 is 0. The summed E-state index contributed by atoms with van der Waals surface area (Å²) in [7, 11) is -6.31. The molecule has 1 N–H and O–H groups in total. The number of benzene rings is 2. The predicted molar refractivity (Wildman–Crippen MR) is 212 cm³/mol. The van der Waals surface area contributed by atoms with Crippen molar-refractivity contribution in [3.63, 3.8) is 0 Å². The Hall–Kier alpha value is -2.57. The second kappa shape index (κ2) is 18.6. The first-order valence-electron chi connectivity index (χ1n) is 20.3. The molecule has 0 bridgehead atoms. The Labute approximate surface area is 313 Å². The number of unbranched alkanes of at least 4 members (excludes halogenated alkanes) is 7. The van der Waals surface area contributed by atoms with Gasteiger partial charge in [-0.2, -0.15) is 0 Å². The van der Waals surface area contributed by atoms with Gasteiger partial charge in [-0.1, -0.05) is 64.4 Å². The number of piperidine rings is 3. The van der Waals surface area contributed by atoms with Crippen molar-refractivity contribution in [2.75, 3.05) is 50.8 Å². The molecule has 6 rings (SSSR count). The summed E-state index contributed by atoms with van der Waals surface area (Å²) in [6.07, 6.45) is 19.1. The highest BCUT2D eigenvalue weighted by molar-refractivity contribution is 7.91. The van der Waals surface area contributed by atoms with Crippen LogP contribution in [0.25, 0.3) is 10.9 Å². The molecule has 52 heavy (non-hydrogen) atoms. The lowest BCUT2D eigenvalue weighted by molar-refractivity contribution is 0.0654. The SMILES string of the molecule is CCCCCCCCCCOc1ccc(S(=O)(=O)c2cnc3ccc([SiH](C)O)cc3c2N2CCC(N3CCC(N4CCCCC4)CC3)CC2)cc1F. The molecule has 0 spiro atoms. The monoisotopic (exact) mass is 752 g/mol. The lowest BCUT2D eigenvalue weighted by atomic mass is 9.95. The number of likely N-dealkylation sites (tertiary alicyclic amines) is 2. The van der Waals surface area contributed by atoms with E-state index >= 15 is 4.39 Å². The van der Waals surface area contributed by atoms with Gasteiger partial charge < -0.3 is 24.2 Å². The van der Waals surface area contributed by atoms with Crippen LogP contribution >= 0.6 is 0 Å². The molecule has 11 heteroatoms. The fraction of sp³-hybridized carbons (Fsp3) is 0.634. The maximum absolute atomic E-state index is 15.4. The minimum Gasteiger partial charge on any atom is -0.491 e. The number of ether oxygens (including phenoxy) is 1. The number of fused-ring (bicyclic) bond motifs is 1. The molecule has 1 unspecified atom stereocenters. The lowest BCUT2D eigenvalue weighted by Gasteiger charge is -2.45. The summed E-state index contributed by atoms with van der Waals surface area (Å²) in [5, 5.41) is 1.55. The Morgan fingerprint density at radius 3 is 2.12 bits per heavy atom. The maximum atomic E-state index is 15.4. The van der Waals surface area contributed by atoms with Gasteiger partial charge in [-0.25, -0.2) is 12.8 Å². The van der Waals surface area contributed by atoms with Crippen LogP contribution in [0.15, 0.2) is 52.4 Å². The van der Waals surface area contributed by atoms with Crippen molar-refractivity contribution in [2.45, 2.75) is 132 Å². The third kappa shape index (κ3) is 9.56. The van der Waals surface area contributed by atoms with Crippen LogP contribution in [0.4, 0.5) is 10.1 Å². The summed E-state index contributed by atoms with van der Waals surface area (Å²) in [5.74, 6) is -0.601. The molecular formula is C41H61FN4O4SSi. The zero-order chi connectivity index (χ0) is 36.5. The lowest BCUT2D eigenvalue weighted by Crippen LogP contribution is -2.52. The molecule has 3 saturated heterocycles. The molecule has 3 fully saturated rings. The van der Waals surface area contributed by atoms with Crippen molar-refractivity contribution in [3.05, 3.63) is 48.4 Å². The molecule has 1 atom stereocenters. The molecule has 4 heterocycles. The van der Waals surface area contributed by atoms with Crippen molar-refractivity contribution in [1.29, 1.82) is 0 Å². The van der Waals surface area contributed by atoms with E-state index in [0.29, 0.717) is 43.0 Å². The normalized spacial score (nSPS) is 19.3. The van der Waals surface area contributed by atoms with Crippen LogP contribution in [0.1, 0.15) is 103 Å². The first-order chi connectivity index (χ1) is 25.3. The third-order valence-corrected chi connectivity index (χ3v) is 14.9. The van der Waals surface area contributed by atoms with E-state index in [0.717, 1.165) is 61.8 Å². The van der Waals surface area contributed by atoms with Gasteiger partial charge in [0.2, 0.25) is 18.9 Å². The van der Waals surface area contributed by atoms with Crippen molar-refractivity contribution in [3.8, 4) is 5.75 Å². The molecule has 0 aliphatic carbocycles. The average Bonchev–Trinajstić information content (AvgIpc) is 3.17. The van der Waals surface area contributed by atoms with E-state index in [1.54, 1.807) is 0 Å². The Balaban J connectivity index is 1.16. The minimum atomic E-state index is -4.14. The van der Waals surface area contributed by atoms with E-state index in [1.807, 2.05) is 24.7 Å². The van der Waals surface area contributed by atoms with E-state index in [4.69, 9.17) is 4.74 Å². The third-order valence-electron chi connectivity index (χ3n) is 11.8. The zero-order valence-corrected chi connectivity index (χ0v) is 33.5. The second-order valence-corrected chi connectivity index (χ2v) is 19.4. The van der Waals surface area contributed by atoms with Crippen LogP contribution < -0.4 is 14.8 Å². The van der Waals surface area contributed by atoms with Crippen molar-refractivity contribution >= 4 is 40.7 Å². The Kier molecular flexibility index (Phi) is 14.0. The molecule has 3 aliphatic rings. The van der Waals surface area contributed by atoms with E-state index in [1.165, 1.54) is 95.6 Å². The van der Waals surface area contributed by atoms with Gasteiger partial charge in [-0.05, 0) is 113 Å². The summed E-state index contributed by atoms with van der Waals surface area (Å²) in [6.45, 7) is 10.6. The first-order valence-corrected chi connectivity index (χ1v) is 24.0. The molecule has 8 nitrogen and oxygen atoms in total. The average molecular weight is 753 g/mol. The van der Waals surface area contributed by atoms with Crippen LogP contribution in [0, 0.1) is 5.82 Å². The van der Waals surface area contributed by atoms with Gasteiger partial charge in [-0.15, -0.1) is 0 Å². The van der Waals surface area contributed by atoms with Crippen LogP contribution in [-0.4, -0.2) is 95.0 Å². The van der Waals surface area contributed by atoms with Crippen molar-refractivity contribution in [1.82, 2.24) is 14.8 Å². The predicted octanol–water partition coefficient (Wildman–Crippen LogP) is 7.20. The van der Waals surface area contributed by atoms with Gasteiger partial charge >= 0.3 is 0 Å². The number of hydrogen-bond acceptors (Lipinski definition) is 8. The van der Waals surface area contributed by atoms with Gasteiger partial charge in [0, 0.05) is 36.8 Å². The summed E-state index contributed by atoms with van der Waals surface area (Å²) < 4.78 is 49.9. The minimum absolute atomic E-state index is 0.0762. The Morgan fingerprint density at radius 1 is 0.827 bits per heavy atom. The molecular weight excluding hydrogens is 692 g/mol. The Bertz CT molecular complexity index is 1700. The van der Waals surface area contributed by atoms with Crippen LogP contribution in [-0.2, 0) is 9.84 Å². The van der Waals surface area contributed by atoms with Crippen LogP contribution in [0.5, 0.6) is 5.75 Å². The maximum Gasteiger partial charge on any atom is 0.210 e. The molecule has 0 saturated carbocycles. The van der Waals surface area contributed by atoms with E-state index in [9.17, 15) is 13.2 Å². The van der Waals surface area contributed by atoms with E-state index < -0.39 is 24.7 Å². The smallest absolute Gasteiger partial charge is 0.210 e. The number of rotatable bonds is 16. The number of pyridine rings is 1. The van der Waals surface area contributed by atoms with Gasteiger partial charge in [0.05, 0.1) is 22.7 Å². The van der Waals surface area contributed by atoms with Crippen LogP contribution in [0.3, 0.4) is 0 Å². The number of sulfone groups is 1. The quantitative estimate of drug-likeness (QED) is 0.122. The fourth-order valence-corrected chi connectivity index (χ4v) is 10.9. The summed E-state index contributed by atoms with van der Waals surface area (Å²) in [4.78, 5) is 22.7. The van der Waals surface area contributed by atoms with Gasteiger partial charge in [0.1, 0.15) is 4.90 Å². The van der Waals surface area contributed by atoms with Gasteiger partial charge in [0.15, 0.2) is 11.6 Å². The number of nitrogens with zero attached hydrogens (tertiary/aromatic N) is 4. The standard InChI is InChI=1S/C41H61FN4O4SSi/c1-3-4-5-6-7-8-9-13-28-50-39-17-14-34(29-37(39)42)51(47,48)40-31-43-38-16-15-35(52(2)49)30-36(38)41(40)46-26-20-33(21-27-46)45-24-18-32(19-25-45)44-22-11-10-12-23-44/h14-17,29-33,49,52H,3-13,18-28H2,1-2H3. The van der Waals surface area contributed by atoms with Crippen LogP contribution in [0.2, 0.25) is 6.55 Å². The largest absolute Gasteiger partial charge is 0.491 e. The number of halogens is 1. The number of hydrogen-bond donors (Lipinski definition) is 1. The van der Waals surface area contributed by atoms with E-state index in [2.05, 4.69) is 26.6 Å². The first kappa shape index (κ1) is 39.1. The molecule has 3 aromatic rings. The molecule has 1 aromatic heterocycles. The van der Waals surface area contributed by atoms with Gasteiger partial charge in [-0.3, -0.25) is 4.98 Å². The molecule has 2 aromatic carbocycles. The zero-order valence-electron chi connectivity index (χ0n) is 31.6. The molecule has 286 valence electrons. The van der Waals surface area contributed by atoms with Crippen molar-refractivity contribution < 1.29 is 22.3 Å². The Morgan fingerprint density at radius 2 is 1.46 bits per heavy atom. The summed E-state index contributed by atoms with van der Waals surface area (Å²) in [5.41, 5.74) is 1.30. The van der Waals surface area contributed by atoms with Crippen molar-refractivity contribution in [2.24, 2.45) is 0 Å². The number of anilines is 1. The fourth-order valence-electron chi connectivity index (χ4n) is 8.63. The van der Waals surface area contributed by atoms with E-state index in [-0.39, 0.29) is 15.5 Å². The molecule has 0 amide bonds. The van der Waals surface area contributed by atoms with Gasteiger partial charge in [0.25, 0.3) is 0 Å². The summed E-state index contributed by atoms with van der Waals surface area (Å²) in [6, 6.07) is 10.9.